The van der Waals surface area contributed by atoms with Gasteiger partial charge in [0.2, 0.25) is 5.88 Å². The maximum absolute atomic E-state index is 13.0. The Balaban J connectivity index is 0.00000312. The van der Waals surface area contributed by atoms with Crippen LogP contribution in [0.25, 0.3) is 0 Å². The van der Waals surface area contributed by atoms with Crippen molar-refractivity contribution in [2.45, 2.75) is 20.0 Å². The van der Waals surface area contributed by atoms with E-state index in [1.54, 1.807) is 25.4 Å². The Kier molecular flexibility index (Phi) is 9.18. The van der Waals surface area contributed by atoms with Crippen molar-refractivity contribution in [1.82, 2.24) is 15.2 Å². The maximum atomic E-state index is 13.0. The molecule has 0 saturated carbocycles. The molecule has 0 fully saturated rings. The number of ether oxygens (including phenoxy) is 1. The number of benzene rings is 1. The third-order valence-electron chi connectivity index (χ3n) is 3.45. The lowest BCUT2D eigenvalue weighted by Gasteiger charge is -2.22. The molecule has 1 heterocycles. The third kappa shape index (κ3) is 6.85. The van der Waals surface area contributed by atoms with E-state index in [9.17, 15) is 4.39 Å². The van der Waals surface area contributed by atoms with Crippen molar-refractivity contribution in [3.8, 4) is 5.88 Å². The maximum Gasteiger partial charge on any atom is 0.213 e. The molecule has 0 unspecified atom stereocenters. The first-order chi connectivity index (χ1) is 11.6. The molecule has 2 rings (SSSR count). The fourth-order valence-corrected chi connectivity index (χ4v) is 2.29. The Labute approximate surface area is 165 Å². The monoisotopic (exact) mass is 458 g/mol. The molecular formula is C18H24FIN4O. The van der Waals surface area contributed by atoms with Gasteiger partial charge in [0.1, 0.15) is 5.82 Å². The van der Waals surface area contributed by atoms with Crippen LogP contribution in [0.15, 0.2) is 47.6 Å². The van der Waals surface area contributed by atoms with Crippen molar-refractivity contribution in [3.63, 3.8) is 0 Å². The van der Waals surface area contributed by atoms with Gasteiger partial charge in [0, 0.05) is 39.4 Å². The zero-order chi connectivity index (χ0) is 17.4. The van der Waals surface area contributed by atoms with Gasteiger partial charge in [-0.15, -0.1) is 24.0 Å². The summed E-state index contributed by atoms with van der Waals surface area (Å²) in [5.41, 5.74) is 2.08. The predicted molar refractivity (Wildman–Crippen MR) is 109 cm³/mol. The van der Waals surface area contributed by atoms with Crippen LogP contribution in [0.3, 0.4) is 0 Å². The normalized spacial score (nSPS) is 10.8. The zero-order valence-electron chi connectivity index (χ0n) is 14.7. The molecule has 5 nitrogen and oxygen atoms in total. The van der Waals surface area contributed by atoms with Gasteiger partial charge in [0.05, 0.1) is 6.61 Å². The summed E-state index contributed by atoms with van der Waals surface area (Å²) in [4.78, 5) is 10.4. The van der Waals surface area contributed by atoms with E-state index in [1.165, 1.54) is 12.1 Å². The molecule has 7 heteroatoms. The van der Waals surface area contributed by atoms with Crippen LogP contribution in [0.4, 0.5) is 4.39 Å². The summed E-state index contributed by atoms with van der Waals surface area (Å²) in [5, 5.41) is 3.30. The second-order valence-corrected chi connectivity index (χ2v) is 5.32. The second-order valence-electron chi connectivity index (χ2n) is 5.32. The smallest absolute Gasteiger partial charge is 0.213 e. The predicted octanol–water partition coefficient (Wildman–Crippen LogP) is 3.44. The van der Waals surface area contributed by atoms with Crippen molar-refractivity contribution in [3.05, 3.63) is 59.5 Å². The third-order valence-corrected chi connectivity index (χ3v) is 3.45. The molecule has 2 aromatic rings. The zero-order valence-corrected chi connectivity index (χ0v) is 17.0. The van der Waals surface area contributed by atoms with Crippen molar-refractivity contribution in [2.24, 2.45) is 4.99 Å². The van der Waals surface area contributed by atoms with Gasteiger partial charge in [-0.25, -0.2) is 9.37 Å². The van der Waals surface area contributed by atoms with Gasteiger partial charge < -0.3 is 15.0 Å². The van der Waals surface area contributed by atoms with Gasteiger partial charge in [0.25, 0.3) is 0 Å². The van der Waals surface area contributed by atoms with E-state index in [-0.39, 0.29) is 29.8 Å². The average Bonchev–Trinajstić information content (AvgIpc) is 2.58. The Bertz CT molecular complexity index is 679. The number of aromatic nitrogens is 1. The summed E-state index contributed by atoms with van der Waals surface area (Å²) in [5.74, 6) is 1.15. The summed E-state index contributed by atoms with van der Waals surface area (Å²) in [6.45, 7) is 3.77. The number of rotatable bonds is 6. The minimum atomic E-state index is -0.230. The summed E-state index contributed by atoms with van der Waals surface area (Å²) in [7, 11) is 3.68. The topological polar surface area (TPSA) is 49.8 Å². The highest BCUT2D eigenvalue weighted by Crippen LogP contribution is 2.10. The van der Waals surface area contributed by atoms with Crippen molar-refractivity contribution in [2.75, 3.05) is 20.7 Å². The highest BCUT2D eigenvalue weighted by atomic mass is 127. The quantitative estimate of drug-likeness (QED) is 0.410. The lowest BCUT2D eigenvalue weighted by molar-refractivity contribution is 0.326. The highest BCUT2D eigenvalue weighted by Gasteiger charge is 2.07. The molecule has 0 saturated heterocycles. The molecule has 0 spiro atoms. The minimum Gasteiger partial charge on any atom is -0.478 e. The molecule has 0 aliphatic carbocycles. The number of aliphatic imine (C=N–C) groups is 1. The number of nitrogens with zero attached hydrogens (tertiary/aromatic N) is 3. The number of nitrogens with one attached hydrogen (secondary N) is 1. The Morgan fingerprint density at radius 3 is 2.60 bits per heavy atom. The first-order valence-corrected chi connectivity index (χ1v) is 7.86. The molecule has 0 bridgehead atoms. The summed E-state index contributed by atoms with van der Waals surface area (Å²) in [6, 6.07) is 10.3. The van der Waals surface area contributed by atoms with Crippen LogP contribution in [0.5, 0.6) is 5.88 Å². The van der Waals surface area contributed by atoms with Gasteiger partial charge in [-0.1, -0.05) is 12.1 Å². The molecule has 0 radical (unpaired) electrons. The number of halogens is 2. The number of hydrogen-bond acceptors (Lipinski definition) is 3. The van der Waals surface area contributed by atoms with Crippen LogP contribution in [-0.4, -0.2) is 36.5 Å². The van der Waals surface area contributed by atoms with Gasteiger partial charge in [-0.3, -0.25) is 4.99 Å². The second kappa shape index (κ2) is 10.9. The minimum absolute atomic E-state index is 0. The summed E-state index contributed by atoms with van der Waals surface area (Å²) < 4.78 is 18.4. The number of hydrogen-bond donors (Lipinski definition) is 1. The SMILES string of the molecule is CCOc1cc(CNC(=NC)N(C)Cc2ccc(F)cc2)ccn1.I. The molecule has 0 aliphatic rings. The molecule has 1 N–H and O–H groups in total. The van der Waals surface area contributed by atoms with E-state index in [0.717, 1.165) is 17.1 Å². The summed E-state index contributed by atoms with van der Waals surface area (Å²) in [6.07, 6.45) is 1.73. The van der Waals surface area contributed by atoms with Crippen LogP contribution in [0.1, 0.15) is 18.1 Å². The first kappa shape index (κ1) is 21.1. The van der Waals surface area contributed by atoms with E-state index in [0.29, 0.717) is 25.6 Å². The van der Waals surface area contributed by atoms with Gasteiger partial charge >= 0.3 is 0 Å². The van der Waals surface area contributed by atoms with E-state index >= 15 is 0 Å². The number of pyridine rings is 1. The van der Waals surface area contributed by atoms with Crippen molar-refractivity contribution >= 4 is 29.9 Å². The molecular weight excluding hydrogens is 434 g/mol. The molecule has 0 amide bonds. The number of guanidine groups is 1. The molecule has 136 valence electrons. The Morgan fingerprint density at radius 1 is 1.24 bits per heavy atom. The average molecular weight is 458 g/mol. The van der Waals surface area contributed by atoms with Gasteiger partial charge in [-0.05, 0) is 36.2 Å². The lowest BCUT2D eigenvalue weighted by atomic mass is 10.2. The standard InChI is InChI=1S/C18H23FN4O.HI/c1-4-24-17-11-15(9-10-21-17)12-22-18(20-2)23(3)13-14-5-7-16(19)8-6-14;/h5-11H,4,12-13H2,1-3H3,(H,20,22);1H. The first-order valence-electron chi connectivity index (χ1n) is 7.86. The fraction of sp³-hybridized carbons (Fsp3) is 0.333. The van der Waals surface area contributed by atoms with Crippen molar-refractivity contribution < 1.29 is 9.13 Å². The van der Waals surface area contributed by atoms with E-state index in [2.05, 4.69) is 15.3 Å². The molecule has 25 heavy (non-hydrogen) atoms. The van der Waals surface area contributed by atoms with Crippen molar-refractivity contribution in [1.29, 1.82) is 0 Å². The van der Waals surface area contributed by atoms with Crippen LogP contribution in [0, 0.1) is 5.82 Å². The Morgan fingerprint density at radius 2 is 1.96 bits per heavy atom. The van der Waals surface area contributed by atoms with Crippen LogP contribution >= 0.6 is 24.0 Å². The Hall–Kier alpha value is -1.90. The highest BCUT2D eigenvalue weighted by molar-refractivity contribution is 14.0. The van der Waals surface area contributed by atoms with Gasteiger partial charge in [-0.2, -0.15) is 0 Å². The largest absolute Gasteiger partial charge is 0.478 e. The molecule has 0 aliphatic heterocycles. The molecule has 1 aromatic carbocycles. The van der Waals surface area contributed by atoms with E-state index in [4.69, 9.17) is 4.74 Å². The fourth-order valence-electron chi connectivity index (χ4n) is 2.29. The van der Waals surface area contributed by atoms with Gasteiger partial charge in [0.15, 0.2) is 5.96 Å². The molecule has 1 aromatic heterocycles. The lowest BCUT2D eigenvalue weighted by Crippen LogP contribution is -2.38. The van der Waals surface area contributed by atoms with Crippen LogP contribution in [0.2, 0.25) is 0 Å². The summed E-state index contributed by atoms with van der Waals surface area (Å²) >= 11 is 0. The molecule has 0 atom stereocenters. The van der Waals surface area contributed by atoms with Crippen LogP contribution < -0.4 is 10.1 Å². The van der Waals surface area contributed by atoms with Crippen LogP contribution in [-0.2, 0) is 13.1 Å². The van der Waals surface area contributed by atoms with E-state index in [1.807, 2.05) is 31.0 Å². The van der Waals surface area contributed by atoms with E-state index < -0.39 is 0 Å².